The van der Waals surface area contributed by atoms with Crippen molar-refractivity contribution in [3.05, 3.63) is 22.8 Å². The van der Waals surface area contributed by atoms with Gasteiger partial charge in [0.2, 0.25) is 0 Å². The van der Waals surface area contributed by atoms with Gasteiger partial charge in [-0.25, -0.2) is 4.98 Å². The van der Waals surface area contributed by atoms with Gasteiger partial charge >= 0.3 is 0 Å². The SMILES string of the molecule is Clc1cc(CNC2CC2)cnc1N1CCCSCC1. The standard InChI is InChI=1S/C14H20ClN3S/c15-13-8-11(9-16-12-2-3-12)10-17-14(13)18-4-1-6-19-7-5-18/h8,10,12,16H,1-7,9H2. The van der Waals surface area contributed by atoms with E-state index in [0.29, 0.717) is 0 Å². The van der Waals surface area contributed by atoms with E-state index in [1.54, 1.807) is 0 Å². The average Bonchev–Trinajstić information content (AvgIpc) is 3.24. The van der Waals surface area contributed by atoms with Crippen molar-refractivity contribution in [2.24, 2.45) is 0 Å². The van der Waals surface area contributed by atoms with Crippen LogP contribution in [0.1, 0.15) is 24.8 Å². The first-order valence-electron chi connectivity index (χ1n) is 7.03. The molecule has 1 N–H and O–H groups in total. The number of rotatable bonds is 4. The van der Waals surface area contributed by atoms with E-state index < -0.39 is 0 Å². The minimum absolute atomic E-state index is 0.723. The monoisotopic (exact) mass is 297 g/mol. The number of nitrogens with zero attached hydrogens (tertiary/aromatic N) is 2. The van der Waals surface area contributed by atoms with Crippen molar-refractivity contribution in [2.75, 3.05) is 29.5 Å². The maximum absolute atomic E-state index is 6.41. The molecule has 0 unspecified atom stereocenters. The Morgan fingerprint density at radius 3 is 3.05 bits per heavy atom. The molecule has 5 heteroatoms. The lowest BCUT2D eigenvalue weighted by Gasteiger charge is -2.22. The summed E-state index contributed by atoms with van der Waals surface area (Å²) >= 11 is 8.43. The average molecular weight is 298 g/mol. The number of aromatic nitrogens is 1. The predicted octanol–water partition coefficient (Wildman–Crippen LogP) is 2.93. The molecule has 0 radical (unpaired) electrons. The molecule has 104 valence electrons. The Bertz CT molecular complexity index is 429. The first kappa shape index (κ1) is 13.5. The molecule has 0 atom stereocenters. The summed E-state index contributed by atoms with van der Waals surface area (Å²) in [7, 11) is 0. The molecular weight excluding hydrogens is 278 g/mol. The fourth-order valence-electron chi connectivity index (χ4n) is 2.31. The zero-order valence-corrected chi connectivity index (χ0v) is 12.6. The molecule has 3 nitrogen and oxygen atoms in total. The zero-order valence-electron chi connectivity index (χ0n) is 11.1. The smallest absolute Gasteiger partial charge is 0.147 e. The maximum atomic E-state index is 6.41. The van der Waals surface area contributed by atoms with Crippen LogP contribution in [-0.2, 0) is 6.54 Å². The van der Waals surface area contributed by atoms with Gasteiger partial charge in [-0.2, -0.15) is 11.8 Å². The van der Waals surface area contributed by atoms with Crippen LogP contribution in [0.15, 0.2) is 12.3 Å². The summed E-state index contributed by atoms with van der Waals surface area (Å²) in [4.78, 5) is 6.91. The molecule has 1 aromatic rings. The van der Waals surface area contributed by atoms with Crippen molar-refractivity contribution in [3.8, 4) is 0 Å². The van der Waals surface area contributed by atoms with Gasteiger partial charge in [-0.05, 0) is 36.6 Å². The predicted molar refractivity (Wildman–Crippen MR) is 83.3 cm³/mol. The van der Waals surface area contributed by atoms with Gasteiger partial charge in [0, 0.05) is 37.6 Å². The van der Waals surface area contributed by atoms with Crippen LogP contribution in [0.3, 0.4) is 0 Å². The van der Waals surface area contributed by atoms with E-state index >= 15 is 0 Å². The molecular formula is C14H20ClN3S. The van der Waals surface area contributed by atoms with Crippen LogP contribution in [0, 0.1) is 0 Å². The van der Waals surface area contributed by atoms with Gasteiger partial charge in [-0.15, -0.1) is 0 Å². The highest BCUT2D eigenvalue weighted by molar-refractivity contribution is 7.99. The molecule has 2 aliphatic rings. The molecule has 0 amide bonds. The highest BCUT2D eigenvalue weighted by Crippen LogP contribution is 2.26. The van der Waals surface area contributed by atoms with E-state index in [9.17, 15) is 0 Å². The maximum Gasteiger partial charge on any atom is 0.147 e. The van der Waals surface area contributed by atoms with Crippen LogP contribution in [0.5, 0.6) is 0 Å². The third kappa shape index (κ3) is 3.77. The second-order valence-electron chi connectivity index (χ2n) is 5.26. The second-order valence-corrected chi connectivity index (χ2v) is 6.89. The van der Waals surface area contributed by atoms with Crippen molar-refractivity contribution in [1.82, 2.24) is 10.3 Å². The highest BCUT2D eigenvalue weighted by Gasteiger charge is 2.20. The summed E-state index contributed by atoms with van der Waals surface area (Å²) in [6.45, 7) is 3.00. The summed E-state index contributed by atoms with van der Waals surface area (Å²) in [6, 6.07) is 2.79. The van der Waals surface area contributed by atoms with Gasteiger partial charge in [0.1, 0.15) is 5.82 Å². The number of anilines is 1. The number of hydrogen-bond acceptors (Lipinski definition) is 4. The summed E-state index contributed by atoms with van der Waals surface area (Å²) in [6.07, 6.45) is 5.80. The van der Waals surface area contributed by atoms with E-state index in [2.05, 4.69) is 21.3 Å². The second kappa shape index (κ2) is 6.33. The van der Waals surface area contributed by atoms with Crippen molar-refractivity contribution < 1.29 is 0 Å². The van der Waals surface area contributed by atoms with E-state index in [1.165, 1.54) is 36.3 Å². The highest BCUT2D eigenvalue weighted by atomic mass is 35.5. The molecule has 19 heavy (non-hydrogen) atoms. The van der Waals surface area contributed by atoms with Crippen molar-refractivity contribution in [1.29, 1.82) is 0 Å². The third-order valence-electron chi connectivity index (χ3n) is 3.57. The first-order valence-corrected chi connectivity index (χ1v) is 8.57. The van der Waals surface area contributed by atoms with Gasteiger partial charge in [-0.3, -0.25) is 0 Å². The zero-order chi connectivity index (χ0) is 13.1. The Balaban J connectivity index is 1.66. The Kier molecular flexibility index (Phi) is 4.51. The van der Waals surface area contributed by atoms with Gasteiger partial charge in [0.25, 0.3) is 0 Å². The summed E-state index contributed by atoms with van der Waals surface area (Å²) in [5, 5.41) is 4.29. The lowest BCUT2D eigenvalue weighted by molar-refractivity contribution is 0.685. The number of pyridine rings is 1. The molecule has 1 aliphatic heterocycles. The van der Waals surface area contributed by atoms with Gasteiger partial charge in [-0.1, -0.05) is 11.6 Å². The topological polar surface area (TPSA) is 28.2 Å². The van der Waals surface area contributed by atoms with Crippen LogP contribution in [-0.4, -0.2) is 35.6 Å². The van der Waals surface area contributed by atoms with E-state index in [4.69, 9.17) is 11.6 Å². The molecule has 1 aromatic heterocycles. The lowest BCUT2D eigenvalue weighted by atomic mass is 10.2. The van der Waals surface area contributed by atoms with Crippen molar-refractivity contribution in [2.45, 2.75) is 31.8 Å². The minimum atomic E-state index is 0.723. The number of halogens is 1. The Morgan fingerprint density at radius 1 is 1.37 bits per heavy atom. The number of hydrogen-bond donors (Lipinski definition) is 1. The molecule has 0 aromatic carbocycles. The van der Waals surface area contributed by atoms with Crippen LogP contribution in [0.2, 0.25) is 5.02 Å². The fraction of sp³-hybridized carbons (Fsp3) is 0.643. The minimum Gasteiger partial charge on any atom is -0.355 e. The lowest BCUT2D eigenvalue weighted by Crippen LogP contribution is -2.27. The Hall–Kier alpha value is -0.450. The Labute approximate surface area is 124 Å². The summed E-state index contributed by atoms with van der Waals surface area (Å²) in [5.74, 6) is 3.37. The quantitative estimate of drug-likeness (QED) is 0.925. The number of nitrogens with one attached hydrogen (secondary N) is 1. The molecule has 0 bridgehead atoms. The third-order valence-corrected chi connectivity index (χ3v) is 4.90. The molecule has 1 saturated heterocycles. The summed E-state index contributed by atoms with van der Waals surface area (Å²) in [5.41, 5.74) is 1.19. The normalized spacial score (nSPS) is 20.4. The summed E-state index contributed by atoms with van der Waals surface area (Å²) < 4.78 is 0. The molecule has 2 fully saturated rings. The van der Waals surface area contributed by atoms with Crippen molar-refractivity contribution in [3.63, 3.8) is 0 Å². The Morgan fingerprint density at radius 2 is 2.26 bits per heavy atom. The van der Waals surface area contributed by atoms with E-state index in [1.807, 2.05) is 18.0 Å². The molecule has 0 spiro atoms. The van der Waals surface area contributed by atoms with Gasteiger partial charge in [0.05, 0.1) is 5.02 Å². The van der Waals surface area contributed by atoms with E-state index in [-0.39, 0.29) is 0 Å². The van der Waals surface area contributed by atoms with Crippen molar-refractivity contribution >= 4 is 29.2 Å². The van der Waals surface area contributed by atoms with E-state index in [0.717, 1.165) is 36.5 Å². The number of thioether (sulfide) groups is 1. The molecule has 3 rings (SSSR count). The molecule has 2 heterocycles. The van der Waals surface area contributed by atoms with Gasteiger partial charge in [0.15, 0.2) is 0 Å². The largest absolute Gasteiger partial charge is 0.355 e. The first-order chi connectivity index (χ1) is 9.33. The fourth-order valence-corrected chi connectivity index (χ4v) is 3.50. The molecule has 1 aliphatic carbocycles. The van der Waals surface area contributed by atoms with Gasteiger partial charge < -0.3 is 10.2 Å². The van der Waals surface area contributed by atoms with Crippen LogP contribution >= 0.6 is 23.4 Å². The molecule has 1 saturated carbocycles. The van der Waals surface area contributed by atoms with Crippen LogP contribution in [0.25, 0.3) is 0 Å². The van der Waals surface area contributed by atoms with Crippen LogP contribution in [0.4, 0.5) is 5.82 Å². The van der Waals surface area contributed by atoms with Crippen LogP contribution < -0.4 is 10.2 Å².